The van der Waals surface area contributed by atoms with Gasteiger partial charge in [-0.25, -0.2) is 10.2 Å². The van der Waals surface area contributed by atoms with Gasteiger partial charge < -0.3 is 131 Å². The van der Waals surface area contributed by atoms with E-state index in [2.05, 4.69) is 101 Å². The lowest BCUT2D eigenvalue weighted by atomic mass is 9.99. The summed E-state index contributed by atoms with van der Waals surface area (Å²) in [5.74, 6) is -23.2. The molecule has 0 saturated carbocycles. The molecule has 2 heterocycles. The van der Waals surface area contributed by atoms with Crippen molar-refractivity contribution in [1.29, 1.82) is 5.41 Å². The predicted molar refractivity (Wildman–Crippen MR) is 493 cm³/mol. The molecule has 138 heavy (non-hydrogen) atoms. The van der Waals surface area contributed by atoms with Crippen LogP contribution in [0.3, 0.4) is 0 Å². The summed E-state index contributed by atoms with van der Waals surface area (Å²) in [7, 11) is 0. The van der Waals surface area contributed by atoms with Crippen LogP contribution in [-0.4, -0.2) is 306 Å². The Bertz CT molecular complexity index is 4880. The number of benzene rings is 3. The van der Waals surface area contributed by atoms with Crippen LogP contribution in [0.2, 0.25) is 0 Å². The minimum atomic E-state index is -1.91. The lowest BCUT2D eigenvalue weighted by molar-refractivity contribution is -0.146. The van der Waals surface area contributed by atoms with E-state index in [4.69, 9.17) is 11.1 Å². The number of hydrogen-bond acceptors (Lipinski definition) is 27. The number of aliphatic hydroxyl groups excluding tert-OH is 4. The van der Waals surface area contributed by atoms with Gasteiger partial charge in [-0.3, -0.25) is 96.7 Å². The number of aromatic nitrogens is 1. The standard InChI is InChI=1S/C90H128N22O26/c1-46(2)37-62(88(136)112-36-18-24-66(112)84(132)109-72(49(7)8)89(137)138)105-83(131)65(45-115)106-86(134)71(48(5)6)108-87(135)73(51(10)116)110-78(126)57(23-17-33-94-90(91)92)101-85(133)70(47(3)4)107-80(128)61(39-53-21-15-12-16-22-53)104-82(130)64(44-114)98-67(118)41-95-76(124)59(40-54-25-27-56(117)28-26-54)102-74(122)50(9)97-79(127)60(38-52-19-13-11-14-20-52)103-77(125)58(29-30-69(120)121)100-81(129)63(43-113)99-68(119)42-96-111-75(123)55-31-34-93-35-32-55/h11-16,19-22,25-28,31-32,34-35,42,46-51,57-66,70-73,113-117H,17-18,23-24,29-30,33,36-41,43-45H2,1-10H3,(H,95,124)(H,97,127)(H,98,118)(H,99,119)(H,100,129)(H,101,133)(H,102,122)(H,103,125)(H,104,130)(H,105,131)(H,106,134)(H,107,128)(H,108,135)(H,109,132)(H,110,126)(H,111,123)(H,120,121)(H,137,138)(H4,91,92,94)/b96-42+/t50-,51+,57-,58-,59-,60-,61-,62-,63-,64-,65-,66-,70-,71-,72-,73-/m0/s1. The number of aliphatic hydroxyl groups is 4. The minimum absolute atomic E-state index is 0.0141. The lowest BCUT2D eigenvalue weighted by Gasteiger charge is -2.31. The molecule has 16 atom stereocenters. The van der Waals surface area contributed by atoms with Crippen molar-refractivity contribution in [2.45, 2.75) is 230 Å². The number of carbonyl (C=O) groups is 19. The molecule has 48 heteroatoms. The van der Waals surface area contributed by atoms with Crippen LogP contribution < -0.4 is 96.2 Å². The Kier molecular flexibility index (Phi) is 47.2. The van der Waals surface area contributed by atoms with E-state index in [9.17, 15) is 127 Å². The van der Waals surface area contributed by atoms with Gasteiger partial charge in [0.2, 0.25) is 88.6 Å². The van der Waals surface area contributed by atoms with Gasteiger partial charge in [-0.1, -0.05) is 128 Å². The van der Waals surface area contributed by atoms with Crippen LogP contribution >= 0.6 is 0 Å². The monoisotopic (exact) mass is 1930 g/mol. The molecule has 1 aliphatic heterocycles. The van der Waals surface area contributed by atoms with Gasteiger partial charge in [0.05, 0.1) is 32.5 Å². The number of hydrazone groups is 1. The lowest BCUT2D eigenvalue weighted by Crippen LogP contribution is -2.63. The number of phenols is 1. The fraction of sp³-hybridized carbons (Fsp3) is 0.511. The average Bonchev–Trinajstić information content (AvgIpc) is 1.64. The normalized spacial score (nSPS) is 15.6. The van der Waals surface area contributed by atoms with Crippen molar-refractivity contribution in [1.82, 2.24) is 100 Å². The third-order valence-corrected chi connectivity index (χ3v) is 21.6. The van der Waals surface area contributed by atoms with Crippen molar-refractivity contribution in [2.75, 3.05) is 39.5 Å². The van der Waals surface area contributed by atoms with Crippen molar-refractivity contribution >= 4 is 125 Å². The first-order chi connectivity index (χ1) is 65.2. The highest BCUT2D eigenvalue weighted by Gasteiger charge is 2.43. The zero-order chi connectivity index (χ0) is 103. The Morgan fingerprint density at radius 3 is 1.40 bits per heavy atom. The maximum absolute atomic E-state index is 14.7. The van der Waals surface area contributed by atoms with Gasteiger partial charge in [-0.15, -0.1) is 0 Å². The molecule has 4 aromatic rings. The van der Waals surface area contributed by atoms with Crippen molar-refractivity contribution < 1.29 is 127 Å². The SMILES string of the molecule is CC(C)C[C@H](NC(=O)[C@H](CO)NC(=O)[C@@H](NC(=O)[C@@H](NC(=O)[C@H](CCCNC(=N)N)NC(=O)[C@@H](NC(=O)[C@H](Cc1ccccc1)NC(=O)[C@H](CO)NC(=O)CNC(=O)[C@H](Cc1ccc(O)cc1)NC(=O)[C@H](C)NC(=O)[C@H](Cc1ccccc1)NC(=O)[C@H](CCC(=O)O)NC(=O)[C@H](CO)NC(=O)/C=N/NC(=O)c1ccncc1)C(C)C)[C@@H](C)O)C(C)C)C(=O)N1CCC[C@H]1C(=O)N[C@H](C(=O)O)C(C)C. The average molecular weight is 1930 g/mol. The minimum Gasteiger partial charge on any atom is -0.508 e. The third kappa shape index (κ3) is 38.2. The van der Waals surface area contributed by atoms with Crippen LogP contribution in [0.1, 0.15) is 141 Å². The molecule has 5 rings (SSSR count). The summed E-state index contributed by atoms with van der Waals surface area (Å²) in [6.07, 6.45) is -0.519. The highest BCUT2D eigenvalue weighted by atomic mass is 16.4. The van der Waals surface area contributed by atoms with Gasteiger partial charge in [0, 0.05) is 56.7 Å². The van der Waals surface area contributed by atoms with Gasteiger partial charge in [0.1, 0.15) is 103 Å². The fourth-order valence-electron chi connectivity index (χ4n) is 14.0. The molecule has 0 spiro atoms. The summed E-state index contributed by atoms with van der Waals surface area (Å²) in [6.45, 7) is 10.9. The number of amides is 17. The largest absolute Gasteiger partial charge is 0.508 e. The van der Waals surface area contributed by atoms with Crippen LogP contribution in [-0.2, 0) is 106 Å². The number of phenolic OH excluding ortho intramolecular Hbond substituents is 1. The maximum Gasteiger partial charge on any atom is 0.326 e. The van der Waals surface area contributed by atoms with E-state index in [0.29, 0.717) is 29.3 Å². The van der Waals surface area contributed by atoms with Gasteiger partial charge in [0.15, 0.2) is 5.96 Å². The van der Waals surface area contributed by atoms with Crippen molar-refractivity contribution in [3.8, 4) is 5.75 Å². The number of hydrogen-bond donors (Lipinski definition) is 26. The zero-order valence-corrected chi connectivity index (χ0v) is 78.1. The molecule has 1 fully saturated rings. The molecule has 0 radical (unpaired) electrons. The van der Waals surface area contributed by atoms with E-state index >= 15 is 0 Å². The number of rotatable bonds is 56. The number of carbonyl (C=O) groups excluding carboxylic acids is 17. The fourth-order valence-corrected chi connectivity index (χ4v) is 14.0. The Hall–Kier alpha value is -14.7. The number of nitrogens with zero attached hydrogens (tertiary/aromatic N) is 3. The number of likely N-dealkylation sites (tertiary alicyclic amines) is 1. The van der Waals surface area contributed by atoms with E-state index in [-0.39, 0.29) is 75.3 Å². The molecule has 27 N–H and O–H groups in total. The van der Waals surface area contributed by atoms with Crippen LogP contribution in [0.15, 0.2) is 115 Å². The second-order valence-electron chi connectivity index (χ2n) is 34.3. The second-order valence-corrected chi connectivity index (χ2v) is 34.3. The molecule has 1 aliphatic rings. The molecule has 3 aromatic carbocycles. The smallest absolute Gasteiger partial charge is 0.326 e. The number of nitrogens with two attached hydrogens (primary N) is 1. The first kappa shape index (κ1) is 114. The molecule has 17 amide bonds. The summed E-state index contributed by atoms with van der Waals surface area (Å²) < 4.78 is 0. The number of pyridine rings is 1. The molecule has 1 aromatic heterocycles. The Labute approximate surface area is 795 Å². The van der Waals surface area contributed by atoms with Gasteiger partial charge in [-0.2, -0.15) is 5.10 Å². The van der Waals surface area contributed by atoms with Crippen LogP contribution in [0, 0.1) is 29.1 Å². The van der Waals surface area contributed by atoms with Gasteiger partial charge in [-0.05, 0) is 117 Å². The Morgan fingerprint density at radius 1 is 0.471 bits per heavy atom. The molecule has 0 unspecified atom stereocenters. The topological polar surface area (TPSA) is 749 Å². The first-order valence-corrected chi connectivity index (χ1v) is 44.7. The predicted octanol–water partition coefficient (Wildman–Crippen LogP) is -6.27. The van der Waals surface area contributed by atoms with Crippen molar-refractivity contribution in [2.24, 2.45) is 34.5 Å². The van der Waals surface area contributed by atoms with Gasteiger partial charge in [0.25, 0.3) is 11.8 Å². The molecular weight excluding hydrogens is 1810 g/mol. The second kappa shape index (κ2) is 57.3. The van der Waals surface area contributed by atoms with E-state index in [1.54, 1.807) is 88.4 Å². The molecule has 754 valence electrons. The highest BCUT2D eigenvalue weighted by molar-refractivity contribution is 6.27. The maximum atomic E-state index is 14.7. The number of aromatic hydroxyl groups is 1. The number of nitrogens with one attached hydrogen (secondary N) is 18. The molecular formula is C90H128N22O26. The third-order valence-electron chi connectivity index (χ3n) is 21.6. The van der Waals surface area contributed by atoms with Crippen LogP contribution in [0.4, 0.5) is 0 Å². The van der Waals surface area contributed by atoms with E-state index in [1.807, 2.05) is 0 Å². The number of carboxylic acids is 2. The van der Waals surface area contributed by atoms with Crippen LogP contribution in [0.25, 0.3) is 0 Å². The quantitative estimate of drug-likeness (QED) is 0.00846. The van der Waals surface area contributed by atoms with Crippen molar-refractivity contribution in [3.05, 3.63) is 132 Å². The summed E-state index contributed by atoms with van der Waals surface area (Å²) in [4.78, 5) is 267. The van der Waals surface area contributed by atoms with Crippen LogP contribution in [0.5, 0.6) is 5.75 Å². The number of aliphatic carboxylic acids is 2. The number of carboxylic acid groups (broad SMARTS) is 2. The first-order valence-electron chi connectivity index (χ1n) is 44.7. The summed E-state index contributed by atoms with van der Waals surface area (Å²) >= 11 is 0. The molecule has 0 aliphatic carbocycles. The van der Waals surface area contributed by atoms with E-state index in [0.717, 1.165) is 6.92 Å². The molecule has 48 nitrogen and oxygen atoms in total. The summed E-state index contributed by atoms with van der Waals surface area (Å²) in [5.41, 5.74) is 8.95. The number of guanidine groups is 1. The van der Waals surface area contributed by atoms with E-state index < -0.39 is 272 Å². The summed E-state index contributed by atoms with van der Waals surface area (Å²) in [6, 6.07) is 0.153. The summed E-state index contributed by atoms with van der Waals surface area (Å²) in [5, 5.41) is 122. The Morgan fingerprint density at radius 2 is 0.899 bits per heavy atom. The molecule has 1 saturated heterocycles. The van der Waals surface area contributed by atoms with E-state index in [1.165, 1.54) is 88.3 Å². The molecule has 0 bridgehead atoms. The van der Waals surface area contributed by atoms with Crippen molar-refractivity contribution in [3.63, 3.8) is 0 Å². The highest BCUT2D eigenvalue weighted by Crippen LogP contribution is 2.23. The zero-order valence-electron chi connectivity index (χ0n) is 78.1. The Balaban J connectivity index is 1.29. The van der Waals surface area contributed by atoms with Gasteiger partial charge >= 0.3 is 11.9 Å².